The van der Waals surface area contributed by atoms with Crippen molar-refractivity contribution in [2.24, 2.45) is 0 Å². The summed E-state index contributed by atoms with van der Waals surface area (Å²) < 4.78 is 11.3. The minimum Gasteiger partial charge on any atom is -0.497 e. The third-order valence-electron chi connectivity index (χ3n) is 6.50. The molecular formula is C25H31NO3. The number of hydrogen-bond donors (Lipinski definition) is 1. The lowest BCUT2D eigenvalue weighted by Gasteiger charge is -2.36. The molecule has 4 rings (SSSR count). The number of benzene rings is 2. The molecule has 0 spiro atoms. The van der Waals surface area contributed by atoms with Crippen LogP contribution in [-0.4, -0.2) is 19.1 Å². The third kappa shape index (κ3) is 4.42. The van der Waals surface area contributed by atoms with E-state index in [4.69, 9.17) is 9.47 Å². The van der Waals surface area contributed by atoms with E-state index in [1.54, 1.807) is 7.11 Å². The number of hydrogen-bond acceptors (Lipinski definition) is 3. The molecule has 2 aromatic carbocycles. The second-order valence-corrected chi connectivity index (χ2v) is 8.37. The molecule has 1 N–H and O–H groups in total. The second kappa shape index (κ2) is 8.89. The number of ether oxygens (including phenoxy) is 2. The van der Waals surface area contributed by atoms with Crippen molar-refractivity contribution < 1.29 is 14.3 Å². The Labute approximate surface area is 173 Å². The maximum Gasteiger partial charge on any atom is 0.235 e. The highest BCUT2D eigenvalue weighted by Gasteiger charge is 2.41. The maximum atomic E-state index is 13.4. The predicted octanol–water partition coefficient (Wildman–Crippen LogP) is 5.86. The summed E-state index contributed by atoms with van der Waals surface area (Å²) in [5.41, 5.74) is 1.44. The number of anilines is 1. The molecule has 4 heteroatoms. The molecule has 4 nitrogen and oxygen atoms in total. The Bertz CT molecular complexity index is 801. The van der Waals surface area contributed by atoms with Crippen molar-refractivity contribution in [3.05, 3.63) is 54.1 Å². The monoisotopic (exact) mass is 393 g/mol. The van der Waals surface area contributed by atoms with Gasteiger partial charge in [0.05, 0.1) is 18.6 Å². The Morgan fingerprint density at radius 1 is 0.862 bits per heavy atom. The van der Waals surface area contributed by atoms with Gasteiger partial charge < -0.3 is 14.8 Å². The van der Waals surface area contributed by atoms with Crippen LogP contribution in [0.5, 0.6) is 11.5 Å². The Morgan fingerprint density at radius 3 is 2.10 bits per heavy atom. The summed E-state index contributed by atoms with van der Waals surface area (Å²) in [7, 11) is 1.66. The molecule has 0 aliphatic heterocycles. The molecule has 0 radical (unpaired) electrons. The Hall–Kier alpha value is -2.49. The Balaban J connectivity index is 1.48. The lowest BCUT2D eigenvalue weighted by molar-refractivity contribution is -0.122. The third-order valence-corrected chi connectivity index (χ3v) is 6.50. The van der Waals surface area contributed by atoms with E-state index in [9.17, 15) is 4.79 Å². The van der Waals surface area contributed by atoms with Crippen molar-refractivity contribution in [1.82, 2.24) is 0 Å². The molecule has 1 amide bonds. The van der Waals surface area contributed by atoms with E-state index in [1.165, 1.54) is 19.3 Å². The van der Waals surface area contributed by atoms with Crippen molar-refractivity contribution in [3.8, 4) is 11.5 Å². The van der Waals surface area contributed by atoms with Gasteiger partial charge in [-0.25, -0.2) is 0 Å². The molecule has 2 saturated carbocycles. The molecule has 2 aliphatic carbocycles. The van der Waals surface area contributed by atoms with Crippen LogP contribution in [0, 0.1) is 0 Å². The number of carbonyl (C=O) groups is 1. The zero-order valence-corrected chi connectivity index (χ0v) is 17.3. The smallest absolute Gasteiger partial charge is 0.235 e. The number of amides is 1. The molecule has 2 aromatic rings. The van der Waals surface area contributed by atoms with Gasteiger partial charge in [0.2, 0.25) is 5.91 Å². The predicted molar refractivity (Wildman–Crippen MR) is 116 cm³/mol. The van der Waals surface area contributed by atoms with Crippen LogP contribution < -0.4 is 14.8 Å². The van der Waals surface area contributed by atoms with Gasteiger partial charge in [-0.2, -0.15) is 0 Å². The van der Waals surface area contributed by atoms with Gasteiger partial charge in [0.15, 0.2) is 0 Å². The number of carbonyl (C=O) groups excluding carboxylic acids is 1. The Kier molecular flexibility index (Phi) is 6.08. The maximum absolute atomic E-state index is 13.4. The summed E-state index contributed by atoms with van der Waals surface area (Å²) in [5.74, 6) is 1.79. The minimum absolute atomic E-state index is 0.0897. The standard InChI is InChI=1S/C25H31NO3/c1-28-21-13-9-19(10-14-21)25(17-5-2-6-18-25)24(27)26-20-11-15-23(16-12-20)29-22-7-3-4-8-22/h9-16,22H,2-8,17-18H2,1H3,(H,26,27). The van der Waals surface area contributed by atoms with Crippen LogP contribution in [-0.2, 0) is 10.2 Å². The fourth-order valence-electron chi connectivity index (χ4n) is 4.78. The fourth-order valence-corrected chi connectivity index (χ4v) is 4.78. The molecule has 0 saturated heterocycles. The summed E-state index contributed by atoms with van der Waals surface area (Å²) in [6.45, 7) is 0. The van der Waals surface area contributed by atoms with E-state index in [1.807, 2.05) is 48.5 Å². The van der Waals surface area contributed by atoms with Crippen LogP contribution in [0.4, 0.5) is 5.69 Å². The molecule has 0 bridgehead atoms. The molecule has 29 heavy (non-hydrogen) atoms. The van der Waals surface area contributed by atoms with Crippen LogP contribution in [0.15, 0.2) is 48.5 Å². The first-order valence-electron chi connectivity index (χ1n) is 10.9. The van der Waals surface area contributed by atoms with Gasteiger partial charge in [-0.05, 0) is 80.5 Å². The van der Waals surface area contributed by atoms with Gasteiger partial charge in [0.1, 0.15) is 11.5 Å². The van der Waals surface area contributed by atoms with E-state index in [0.717, 1.165) is 61.3 Å². The first-order chi connectivity index (χ1) is 14.2. The molecule has 154 valence electrons. The largest absolute Gasteiger partial charge is 0.497 e. The molecule has 0 atom stereocenters. The van der Waals surface area contributed by atoms with Crippen molar-refractivity contribution in [2.45, 2.75) is 69.3 Å². The lowest BCUT2D eigenvalue weighted by Crippen LogP contribution is -2.42. The van der Waals surface area contributed by atoms with Gasteiger partial charge in [0.25, 0.3) is 0 Å². The minimum atomic E-state index is -0.469. The van der Waals surface area contributed by atoms with Crippen LogP contribution in [0.1, 0.15) is 63.4 Å². The summed E-state index contributed by atoms with van der Waals surface area (Å²) in [4.78, 5) is 13.4. The van der Waals surface area contributed by atoms with E-state index in [-0.39, 0.29) is 5.91 Å². The van der Waals surface area contributed by atoms with Crippen molar-refractivity contribution in [3.63, 3.8) is 0 Å². The van der Waals surface area contributed by atoms with Gasteiger partial charge in [-0.1, -0.05) is 31.4 Å². The average Bonchev–Trinajstić information content (AvgIpc) is 3.29. The van der Waals surface area contributed by atoms with E-state index >= 15 is 0 Å². The summed E-state index contributed by atoms with van der Waals surface area (Å²) in [6.07, 6.45) is 10.3. The average molecular weight is 394 g/mol. The molecular weight excluding hydrogens is 362 g/mol. The van der Waals surface area contributed by atoms with Crippen LogP contribution in [0.25, 0.3) is 0 Å². The molecule has 0 unspecified atom stereocenters. The van der Waals surface area contributed by atoms with E-state index in [0.29, 0.717) is 6.10 Å². The zero-order chi connectivity index (χ0) is 20.1. The quantitative estimate of drug-likeness (QED) is 0.669. The molecule has 0 aromatic heterocycles. The van der Waals surface area contributed by atoms with Crippen LogP contribution in [0.2, 0.25) is 0 Å². The summed E-state index contributed by atoms with van der Waals surface area (Å²) in [6, 6.07) is 15.8. The van der Waals surface area contributed by atoms with Crippen LogP contribution in [0.3, 0.4) is 0 Å². The molecule has 0 heterocycles. The van der Waals surface area contributed by atoms with Gasteiger partial charge >= 0.3 is 0 Å². The van der Waals surface area contributed by atoms with Crippen molar-refractivity contribution >= 4 is 11.6 Å². The van der Waals surface area contributed by atoms with Gasteiger partial charge in [-0.3, -0.25) is 4.79 Å². The van der Waals surface area contributed by atoms with Crippen molar-refractivity contribution in [2.75, 3.05) is 12.4 Å². The van der Waals surface area contributed by atoms with E-state index in [2.05, 4.69) is 5.32 Å². The highest BCUT2D eigenvalue weighted by molar-refractivity contribution is 5.99. The second-order valence-electron chi connectivity index (χ2n) is 8.37. The zero-order valence-electron chi connectivity index (χ0n) is 17.3. The highest BCUT2D eigenvalue weighted by atomic mass is 16.5. The molecule has 2 fully saturated rings. The first kappa shape index (κ1) is 19.8. The van der Waals surface area contributed by atoms with Crippen molar-refractivity contribution in [1.29, 1.82) is 0 Å². The number of methoxy groups -OCH3 is 1. The van der Waals surface area contributed by atoms with Crippen LogP contribution >= 0.6 is 0 Å². The molecule has 2 aliphatic rings. The lowest BCUT2D eigenvalue weighted by atomic mass is 9.68. The normalized spacial score (nSPS) is 18.9. The summed E-state index contributed by atoms with van der Waals surface area (Å²) in [5, 5.41) is 3.17. The topological polar surface area (TPSA) is 47.6 Å². The summed E-state index contributed by atoms with van der Waals surface area (Å²) >= 11 is 0. The fraction of sp³-hybridized carbons (Fsp3) is 0.480. The highest BCUT2D eigenvalue weighted by Crippen LogP contribution is 2.41. The number of rotatable bonds is 6. The SMILES string of the molecule is COc1ccc(C2(C(=O)Nc3ccc(OC4CCCC4)cc3)CCCCC2)cc1. The first-order valence-corrected chi connectivity index (χ1v) is 10.9. The Morgan fingerprint density at radius 2 is 1.48 bits per heavy atom. The number of nitrogens with one attached hydrogen (secondary N) is 1. The van der Waals surface area contributed by atoms with Gasteiger partial charge in [0, 0.05) is 5.69 Å². The van der Waals surface area contributed by atoms with Gasteiger partial charge in [-0.15, -0.1) is 0 Å². The van der Waals surface area contributed by atoms with E-state index < -0.39 is 5.41 Å².